The van der Waals surface area contributed by atoms with Crippen molar-refractivity contribution in [1.29, 1.82) is 0 Å². The first-order valence-corrected chi connectivity index (χ1v) is 7.03. The molecule has 1 heterocycles. The van der Waals surface area contributed by atoms with Crippen LogP contribution in [0.3, 0.4) is 0 Å². The SMILES string of the molecule is CC(C)CC1(C(=O)NCc2ccc(C(=O)O)o2)CCC1. The summed E-state index contributed by atoms with van der Waals surface area (Å²) < 4.78 is 5.13. The van der Waals surface area contributed by atoms with Crippen molar-refractivity contribution < 1.29 is 19.1 Å². The lowest BCUT2D eigenvalue weighted by Crippen LogP contribution is -2.46. The first-order chi connectivity index (χ1) is 9.43. The van der Waals surface area contributed by atoms with Crippen LogP contribution in [0, 0.1) is 11.3 Å². The molecule has 20 heavy (non-hydrogen) atoms. The van der Waals surface area contributed by atoms with E-state index in [9.17, 15) is 9.59 Å². The molecule has 0 bridgehead atoms. The van der Waals surface area contributed by atoms with E-state index in [0.717, 1.165) is 25.7 Å². The van der Waals surface area contributed by atoms with E-state index < -0.39 is 5.97 Å². The van der Waals surface area contributed by atoms with Gasteiger partial charge < -0.3 is 14.8 Å². The summed E-state index contributed by atoms with van der Waals surface area (Å²) in [6.45, 7) is 4.49. The van der Waals surface area contributed by atoms with Gasteiger partial charge in [0.2, 0.25) is 11.7 Å². The van der Waals surface area contributed by atoms with Crippen LogP contribution < -0.4 is 5.32 Å². The Labute approximate surface area is 118 Å². The van der Waals surface area contributed by atoms with Gasteiger partial charge in [-0.15, -0.1) is 0 Å². The molecule has 5 heteroatoms. The first-order valence-electron chi connectivity index (χ1n) is 7.03. The van der Waals surface area contributed by atoms with Crippen LogP contribution in [0.2, 0.25) is 0 Å². The highest BCUT2D eigenvalue weighted by atomic mass is 16.4. The highest BCUT2D eigenvalue weighted by molar-refractivity contribution is 5.84. The van der Waals surface area contributed by atoms with Crippen LogP contribution in [-0.2, 0) is 11.3 Å². The first kappa shape index (κ1) is 14.6. The molecule has 0 aromatic carbocycles. The molecule has 0 atom stereocenters. The minimum atomic E-state index is -1.10. The molecule has 1 fully saturated rings. The van der Waals surface area contributed by atoms with Crippen LogP contribution >= 0.6 is 0 Å². The fraction of sp³-hybridized carbons (Fsp3) is 0.600. The van der Waals surface area contributed by atoms with E-state index in [1.54, 1.807) is 6.07 Å². The Kier molecular flexibility index (Phi) is 4.16. The molecule has 0 unspecified atom stereocenters. The summed E-state index contributed by atoms with van der Waals surface area (Å²) >= 11 is 0. The van der Waals surface area contributed by atoms with Gasteiger partial charge in [0, 0.05) is 5.41 Å². The number of aromatic carboxylic acids is 1. The highest BCUT2D eigenvalue weighted by Gasteiger charge is 2.44. The molecule has 1 aromatic rings. The Bertz CT molecular complexity index is 500. The average molecular weight is 279 g/mol. The fourth-order valence-electron chi connectivity index (χ4n) is 2.85. The van der Waals surface area contributed by atoms with E-state index in [4.69, 9.17) is 9.52 Å². The predicted octanol–water partition coefficient (Wildman–Crippen LogP) is 2.81. The number of rotatable bonds is 6. The van der Waals surface area contributed by atoms with E-state index in [0.29, 0.717) is 11.7 Å². The smallest absolute Gasteiger partial charge is 0.371 e. The van der Waals surface area contributed by atoms with Gasteiger partial charge in [0.25, 0.3) is 0 Å². The van der Waals surface area contributed by atoms with Crippen LogP contribution in [0.15, 0.2) is 16.5 Å². The Morgan fingerprint density at radius 3 is 2.55 bits per heavy atom. The molecule has 1 saturated carbocycles. The van der Waals surface area contributed by atoms with Crippen molar-refractivity contribution in [2.75, 3.05) is 0 Å². The largest absolute Gasteiger partial charge is 0.475 e. The summed E-state index contributed by atoms with van der Waals surface area (Å²) in [6.07, 6.45) is 3.88. The zero-order chi connectivity index (χ0) is 14.8. The van der Waals surface area contributed by atoms with Gasteiger partial charge in [0.1, 0.15) is 5.76 Å². The summed E-state index contributed by atoms with van der Waals surface area (Å²) in [5, 5.41) is 11.6. The molecule has 1 aromatic heterocycles. The van der Waals surface area contributed by atoms with Crippen LogP contribution in [0.5, 0.6) is 0 Å². The summed E-state index contributed by atoms with van der Waals surface area (Å²) in [4.78, 5) is 23.0. The van der Waals surface area contributed by atoms with E-state index in [1.807, 2.05) is 0 Å². The van der Waals surface area contributed by atoms with Gasteiger partial charge in [0.15, 0.2) is 0 Å². The summed E-state index contributed by atoms with van der Waals surface area (Å²) in [5.41, 5.74) is -0.226. The fourth-order valence-corrected chi connectivity index (χ4v) is 2.85. The lowest BCUT2D eigenvalue weighted by Gasteiger charge is -2.41. The molecular formula is C15H21NO4. The van der Waals surface area contributed by atoms with Crippen molar-refractivity contribution in [2.24, 2.45) is 11.3 Å². The number of carboxylic acid groups (broad SMARTS) is 1. The van der Waals surface area contributed by atoms with Gasteiger partial charge in [-0.2, -0.15) is 0 Å². The average Bonchev–Trinajstić information content (AvgIpc) is 2.79. The van der Waals surface area contributed by atoms with Crippen molar-refractivity contribution in [1.82, 2.24) is 5.32 Å². The number of nitrogens with one attached hydrogen (secondary N) is 1. The standard InChI is InChI=1S/C15H21NO4/c1-10(2)8-15(6-3-7-15)14(19)16-9-11-4-5-12(20-11)13(17)18/h4-5,10H,3,6-9H2,1-2H3,(H,16,19)(H,17,18). The lowest BCUT2D eigenvalue weighted by atomic mass is 9.64. The molecular weight excluding hydrogens is 258 g/mol. The number of furan rings is 1. The second-order valence-corrected chi connectivity index (χ2v) is 5.99. The highest BCUT2D eigenvalue weighted by Crippen LogP contribution is 2.46. The third kappa shape index (κ3) is 3.03. The third-order valence-corrected chi connectivity index (χ3v) is 3.89. The quantitative estimate of drug-likeness (QED) is 0.839. The third-order valence-electron chi connectivity index (χ3n) is 3.89. The van der Waals surface area contributed by atoms with Crippen molar-refractivity contribution in [3.63, 3.8) is 0 Å². The molecule has 1 amide bonds. The topological polar surface area (TPSA) is 79.5 Å². The molecule has 2 N–H and O–H groups in total. The molecule has 1 aliphatic rings. The number of carbonyl (C=O) groups is 2. The molecule has 5 nitrogen and oxygen atoms in total. The van der Waals surface area contributed by atoms with Crippen LogP contribution in [0.25, 0.3) is 0 Å². The summed E-state index contributed by atoms with van der Waals surface area (Å²) in [5.74, 6) is -0.184. The van der Waals surface area contributed by atoms with Crippen LogP contribution in [0.1, 0.15) is 55.8 Å². The van der Waals surface area contributed by atoms with E-state index in [2.05, 4.69) is 19.2 Å². The predicted molar refractivity (Wildman–Crippen MR) is 73.3 cm³/mol. The Morgan fingerprint density at radius 2 is 2.10 bits per heavy atom. The van der Waals surface area contributed by atoms with Gasteiger partial charge >= 0.3 is 5.97 Å². The summed E-state index contributed by atoms with van der Waals surface area (Å²) in [6, 6.07) is 2.98. The second-order valence-electron chi connectivity index (χ2n) is 5.99. The molecule has 1 aliphatic carbocycles. The number of hydrogen-bond acceptors (Lipinski definition) is 3. The van der Waals surface area contributed by atoms with Crippen LogP contribution in [-0.4, -0.2) is 17.0 Å². The van der Waals surface area contributed by atoms with Crippen molar-refractivity contribution in [3.8, 4) is 0 Å². The van der Waals surface area contributed by atoms with E-state index in [-0.39, 0.29) is 23.6 Å². The van der Waals surface area contributed by atoms with Crippen molar-refractivity contribution in [2.45, 2.75) is 46.1 Å². The second kappa shape index (κ2) is 5.69. The van der Waals surface area contributed by atoms with Crippen molar-refractivity contribution >= 4 is 11.9 Å². The van der Waals surface area contributed by atoms with Gasteiger partial charge in [-0.25, -0.2) is 4.79 Å². The van der Waals surface area contributed by atoms with Gasteiger partial charge in [0.05, 0.1) is 6.54 Å². The zero-order valence-corrected chi connectivity index (χ0v) is 11.9. The van der Waals surface area contributed by atoms with Gasteiger partial charge in [-0.3, -0.25) is 4.79 Å². The molecule has 2 rings (SSSR count). The molecule has 0 radical (unpaired) electrons. The maximum atomic E-state index is 12.3. The van der Waals surface area contributed by atoms with Crippen molar-refractivity contribution in [3.05, 3.63) is 23.7 Å². The Morgan fingerprint density at radius 1 is 1.40 bits per heavy atom. The van der Waals surface area contributed by atoms with Gasteiger partial charge in [-0.05, 0) is 37.3 Å². The maximum absolute atomic E-state index is 12.3. The minimum absolute atomic E-state index is 0.0609. The maximum Gasteiger partial charge on any atom is 0.371 e. The number of carbonyl (C=O) groups excluding carboxylic acids is 1. The van der Waals surface area contributed by atoms with Gasteiger partial charge in [-0.1, -0.05) is 20.3 Å². The molecule has 110 valence electrons. The van der Waals surface area contributed by atoms with E-state index >= 15 is 0 Å². The van der Waals surface area contributed by atoms with E-state index in [1.165, 1.54) is 6.07 Å². The van der Waals surface area contributed by atoms with Crippen LogP contribution in [0.4, 0.5) is 0 Å². The minimum Gasteiger partial charge on any atom is -0.475 e. The monoisotopic (exact) mass is 279 g/mol. The Hall–Kier alpha value is -1.78. The normalized spacial score (nSPS) is 16.8. The number of amides is 1. The Balaban J connectivity index is 1.92. The number of hydrogen-bond donors (Lipinski definition) is 2. The lowest BCUT2D eigenvalue weighted by molar-refractivity contribution is -0.137. The summed E-state index contributed by atoms with van der Waals surface area (Å²) in [7, 11) is 0. The number of carboxylic acids is 1. The molecule has 0 spiro atoms. The zero-order valence-electron chi connectivity index (χ0n) is 11.9. The molecule has 0 aliphatic heterocycles. The molecule has 0 saturated heterocycles.